The lowest BCUT2D eigenvalue weighted by Crippen LogP contribution is -2.17. The van der Waals surface area contributed by atoms with Gasteiger partial charge in [0.25, 0.3) is 0 Å². The molecule has 35 heavy (non-hydrogen) atoms. The van der Waals surface area contributed by atoms with Gasteiger partial charge in [-0.15, -0.1) is 0 Å². The molecule has 4 aromatic rings. The van der Waals surface area contributed by atoms with Gasteiger partial charge >= 0.3 is 5.97 Å². The van der Waals surface area contributed by atoms with Gasteiger partial charge in [0.15, 0.2) is 0 Å². The third-order valence-corrected chi connectivity index (χ3v) is 6.48. The summed E-state index contributed by atoms with van der Waals surface area (Å²) in [5, 5.41) is 10.4. The molecule has 6 heteroatoms. The number of aromatic hydroxyl groups is 1. The molecule has 0 saturated heterocycles. The molecular weight excluding hydrogens is 506 g/mol. The Hall–Kier alpha value is -3.64. The van der Waals surface area contributed by atoms with Gasteiger partial charge in [-0.2, -0.15) is 0 Å². The summed E-state index contributed by atoms with van der Waals surface area (Å²) in [6, 6.07) is 22.3. The molecule has 0 aliphatic heterocycles. The van der Waals surface area contributed by atoms with Gasteiger partial charge in [0.1, 0.15) is 24.7 Å². The van der Waals surface area contributed by atoms with Gasteiger partial charge in [-0.25, -0.2) is 9.78 Å². The van der Waals surface area contributed by atoms with E-state index >= 15 is 0 Å². The number of aromatic nitrogens is 1. The maximum Gasteiger partial charge on any atom is 0.339 e. The van der Waals surface area contributed by atoms with Gasteiger partial charge in [-0.3, -0.25) is 0 Å². The topological polar surface area (TPSA) is 68.7 Å². The molecule has 0 atom stereocenters. The maximum absolute atomic E-state index is 13.3. The maximum atomic E-state index is 13.3. The summed E-state index contributed by atoms with van der Waals surface area (Å²) in [6.45, 7) is 0.409. The normalized spacial score (nSPS) is 14.0. The highest BCUT2D eigenvalue weighted by atomic mass is 79.9. The number of benzene rings is 3. The highest BCUT2D eigenvalue weighted by Crippen LogP contribution is 2.36. The number of carbonyl (C=O) groups is 1. The molecule has 0 fully saturated rings. The number of rotatable bonds is 6. The molecule has 0 spiro atoms. The second kappa shape index (κ2) is 10.3. The van der Waals surface area contributed by atoms with Gasteiger partial charge in [-0.1, -0.05) is 52.3 Å². The molecule has 3 aromatic carbocycles. The number of hydrogen-bond acceptors (Lipinski definition) is 5. The summed E-state index contributed by atoms with van der Waals surface area (Å²) in [5.41, 5.74) is 5.19. The molecule has 1 heterocycles. The molecule has 0 unspecified atom stereocenters. The summed E-state index contributed by atoms with van der Waals surface area (Å²) in [7, 11) is 0. The summed E-state index contributed by atoms with van der Waals surface area (Å²) >= 11 is 3.42. The first-order chi connectivity index (χ1) is 17.1. The second-order valence-corrected chi connectivity index (χ2v) is 9.30. The SMILES string of the molecule is O=C(OCCOc1cccc(Br)c1)c1c2c(nc3ccccc13)C(=Cc1ccc(O)cc1)CCC2. The van der Waals surface area contributed by atoms with Crippen molar-refractivity contribution in [3.63, 3.8) is 0 Å². The highest BCUT2D eigenvalue weighted by molar-refractivity contribution is 9.10. The quantitative estimate of drug-likeness (QED) is 0.219. The lowest BCUT2D eigenvalue weighted by atomic mass is 9.86. The minimum absolute atomic E-state index is 0.146. The number of phenols is 1. The van der Waals surface area contributed by atoms with E-state index in [0.717, 1.165) is 57.0 Å². The minimum Gasteiger partial charge on any atom is -0.508 e. The first-order valence-electron chi connectivity index (χ1n) is 11.6. The van der Waals surface area contributed by atoms with Crippen molar-refractivity contribution in [1.29, 1.82) is 0 Å². The summed E-state index contributed by atoms with van der Waals surface area (Å²) in [4.78, 5) is 18.3. The number of pyridine rings is 1. The average molecular weight is 530 g/mol. The number of para-hydroxylation sites is 1. The largest absolute Gasteiger partial charge is 0.508 e. The Balaban J connectivity index is 1.43. The van der Waals surface area contributed by atoms with E-state index in [0.29, 0.717) is 11.3 Å². The van der Waals surface area contributed by atoms with E-state index in [1.807, 2.05) is 60.7 Å². The molecule has 176 valence electrons. The van der Waals surface area contributed by atoms with E-state index in [4.69, 9.17) is 14.5 Å². The van der Waals surface area contributed by atoms with E-state index in [-0.39, 0.29) is 24.9 Å². The van der Waals surface area contributed by atoms with Crippen LogP contribution >= 0.6 is 15.9 Å². The monoisotopic (exact) mass is 529 g/mol. The van der Waals surface area contributed by atoms with E-state index in [1.165, 1.54) is 0 Å². The number of phenolic OH excluding ortho intramolecular Hbond substituents is 1. The lowest BCUT2D eigenvalue weighted by molar-refractivity contribution is 0.0451. The van der Waals surface area contributed by atoms with Gasteiger partial charge in [0, 0.05) is 9.86 Å². The number of hydrogen-bond donors (Lipinski definition) is 1. The van der Waals surface area contributed by atoms with Crippen molar-refractivity contribution in [2.24, 2.45) is 0 Å². The molecule has 0 radical (unpaired) electrons. The fraction of sp³-hybridized carbons (Fsp3) is 0.172. The van der Waals surface area contributed by atoms with Gasteiger partial charge < -0.3 is 14.6 Å². The van der Waals surface area contributed by atoms with Crippen LogP contribution in [0.15, 0.2) is 77.3 Å². The lowest BCUT2D eigenvalue weighted by Gasteiger charge is -2.22. The van der Waals surface area contributed by atoms with Crippen LogP contribution in [0.5, 0.6) is 11.5 Å². The molecule has 5 nitrogen and oxygen atoms in total. The van der Waals surface area contributed by atoms with Crippen molar-refractivity contribution in [2.75, 3.05) is 13.2 Å². The van der Waals surface area contributed by atoms with Crippen LogP contribution in [0.2, 0.25) is 0 Å². The first kappa shape index (κ1) is 23.1. The van der Waals surface area contributed by atoms with E-state index in [2.05, 4.69) is 22.0 Å². The Morgan fingerprint density at radius 3 is 2.66 bits per heavy atom. The number of halogens is 1. The summed E-state index contributed by atoms with van der Waals surface area (Å²) in [6.07, 6.45) is 4.64. The predicted molar refractivity (Wildman–Crippen MR) is 141 cm³/mol. The third kappa shape index (κ3) is 5.23. The van der Waals surface area contributed by atoms with Crippen LogP contribution in [0.25, 0.3) is 22.6 Å². The zero-order chi connectivity index (χ0) is 24.2. The highest BCUT2D eigenvalue weighted by Gasteiger charge is 2.26. The molecule has 1 aliphatic carbocycles. The number of fused-ring (bicyclic) bond motifs is 2. The van der Waals surface area contributed by atoms with Crippen molar-refractivity contribution in [3.05, 3.63) is 99.7 Å². The Bertz CT molecular complexity index is 1410. The van der Waals surface area contributed by atoms with Crippen LogP contribution in [0.1, 0.15) is 40.0 Å². The fourth-order valence-corrected chi connectivity index (χ4v) is 4.78. The van der Waals surface area contributed by atoms with E-state index in [1.54, 1.807) is 12.1 Å². The smallest absolute Gasteiger partial charge is 0.339 e. The molecule has 5 rings (SSSR count). The molecule has 0 saturated carbocycles. The van der Waals surface area contributed by atoms with Crippen molar-refractivity contribution in [3.8, 4) is 11.5 Å². The van der Waals surface area contributed by atoms with Gasteiger partial charge in [-0.05, 0) is 78.4 Å². The number of esters is 1. The van der Waals surface area contributed by atoms with Crippen LogP contribution in [0.3, 0.4) is 0 Å². The Morgan fingerprint density at radius 1 is 1.00 bits per heavy atom. The number of ether oxygens (including phenoxy) is 2. The molecule has 1 aliphatic rings. The Morgan fingerprint density at radius 2 is 1.83 bits per heavy atom. The van der Waals surface area contributed by atoms with Crippen LogP contribution in [-0.2, 0) is 11.2 Å². The van der Waals surface area contributed by atoms with E-state index < -0.39 is 0 Å². The van der Waals surface area contributed by atoms with Crippen LogP contribution in [0, 0.1) is 0 Å². The molecular formula is C29H24BrNO4. The third-order valence-electron chi connectivity index (χ3n) is 5.99. The molecule has 1 N–H and O–H groups in total. The van der Waals surface area contributed by atoms with Crippen LogP contribution in [-0.4, -0.2) is 29.3 Å². The number of carbonyl (C=O) groups excluding carboxylic acids is 1. The second-order valence-electron chi connectivity index (χ2n) is 8.39. The zero-order valence-electron chi connectivity index (χ0n) is 19.0. The minimum atomic E-state index is -0.358. The predicted octanol–water partition coefficient (Wildman–Crippen LogP) is 6.82. The van der Waals surface area contributed by atoms with Crippen molar-refractivity contribution in [2.45, 2.75) is 19.3 Å². The van der Waals surface area contributed by atoms with Crippen molar-refractivity contribution < 1.29 is 19.4 Å². The average Bonchev–Trinajstić information content (AvgIpc) is 2.87. The summed E-state index contributed by atoms with van der Waals surface area (Å²) in [5.74, 6) is 0.587. The summed E-state index contributed by atoms with van der Waals surface area (Å²) < 4.78 is 12.3. The van der Waals surface area contributed by atoms with Crippen LogP contribution in [0.4, 0.5) is 0 Å². The van der Waals surface area contributed by atoms with Crippen molar-refractivity contribution >= 4 is 44.5 Å². The molecule has 0 amide bonds. The van der Waals surface area contributed by atoms with Crippen LogP contribution < -0.4 is 4.74 Å². The standard InChI is InChI=1S/C29H24BrNO4/c30-21-6-4-7-23(18-21)34-15-16-35-29(33)27-24-8-1-2-10-26(24)31-28-20(5-3-9-25(27)28)17-19-11-13-22(32)14-12-19/h1-2,4,6-8,10-14,17-18,32H,3,5,9,15-16H2. The van der Waals surface area contributed by atoms with E-state index in [9.17, 15) is 9.90 Å². The molecule has 0 bridgehead atoms. The Kier molecular flexibility index (Phi) is 6.82. The van der Waals surface area contributed by atoms with Crippen molar-refractivity contribution in [1.82, 2.24) is 4.98 Å². The number of nitrogens with zero attached hydrogens (tertiary/aromatic N) is 1. The van der Waals surface area contributed by atoms with Gasteiger partial charge in [0.05, 0.1) is 16.8 Å². The Labute approximate surface area is 212 Å². The zero-order valence-corrected chi connectivity index (χ0v) is 20.6. The number of allylic oxidation sites excluding steroid dienone is 1. The molecule has 1 aromatic heterocycles. The van der Waals surface area contributed by atoms with Gasteiger partial charge in [0.2, 0.25) is 0 Å². The first-order valence-corrected chi connectivity index (χ1v) is 12.3. The fourth-order valence-electron chi connectivity index (χ4n) is 4.40.